The van der Waals surface area contributed by atoms with Gasteiger partial charge in [0, 0.05) is 66.6 Å². The van der Waals surface area contributed by atoms with Gasteiger partial charge in [-0.15, -0.1) is 0 Å². The maximum atomic E-state index is 5.11. The average molecular weight is 443 g/mol. The van der Waals surface area contributed by atoms with Gasteiger partial charge in [-0.05, 0) is 62.3 Å². The fourth-order valence-corrected chi connectivity index (χ4v) is 5.46. The number of rotatable bonds is 7. The van der Waals surface area contributed by atoms with Crippen LogP contribution >= 0.6 is 0 Å². The molecule has 3 aliphatic rings. The van der Waals surface area contributed by atoms with Crippen LogP contribution < -0.4 is 10.6 Å². The van der Waals surface area contributed by atoms with Crippen LogP contribution in [0.1, 0.15) is 51.4 Å². The molecule has 3 aromatic rings. The fourth-order valence-electron chi connectivity index (χ4n) is 5.46. The zero-order valence-corrected chi connectivity index (χ0v) is 19.3. The smallest absolute Gasteiger partial charge is 0.134 e. The Bertz CT molecular complexity index is 1100. The lowest BCUT2D eigenvalue weighted by molar-refractivity contribution is 0.322. The summed E-state index contributed by atoms with van der Waals surface area (Å²) in [7, 11) is 0. The standard InChI is InChI=1S/C27H34N6/c1-2-4-22(5-3-1)30-26-15-20(8-12-29-26)25-14-21-16-28-11-9-24(21)27(32-25)31-23-10-13-33(18-23)17-19-6-7-19/h8-9,11-12,14-16,19,22-23H,1-7,10,13,17-18H2,(H,29,30)(H,31,32). The van der Waals surface area contributed by atoms with Crippen LogP contribution in [0.5, 0.6) is 0 Å². The third-order valence-electron chi connectivity index (χ3n) is 7.47. The summed E-state index contributed by atoms with van der Waals surface area (Å²) >= 11 is 0. The van der Waals surface area contributed by atoms with Gasteiger partial charge in [0.2, 0.25) is 0 Å². The SMILES string of the molecule is c1cc2c(NC3CCN(CC4CC4)C3)nc(-c3ccnc(NC4CCCCC4)c3)cc2cn1. The molecule has 0 radical (unpaired) electrons. The van der Waals surface area contributed by atoms with Crippen LogP contribution in [0.25, 0.3) is 22.0 Å². The zero-order valence-electron chi connectivity index (χ0n) is 19.3. The van der Waals surface area contributed by atoms with Crippen molar-refractivity contribution in [3.63, 3.8) is 0 Å². The lowest BCUT2D eigenvalue weighted by Crippen LogP contribution is -2.28. The normalized spacial score (nSPS) is 22.0. The molecule has 33 heavy (non-hydrogen) atoms. The second kappa shape index (κ2) is 9.26. The van der Waals surface area contributed by atoms with Crippen molar-refractivity contribution in [3.8, 4) is 11.3 Å². The second-order valence-electron chi connectivity index (χ2n) is 10.2. The second-order valence-corrected chi connectivity index (χ2v) is 10.2. The average Bonchev–Trinajstić information content (AvgIpc) is 3.56. The topological polar surface area (TPSA) is 66.0 Å². The highest BCUT2D eigenvalue weighted by Gasteiger charge is 2.29. The van der Waals surface area contributed by atoms with Crippen molar-refractivity contribution in [1.82, 2.24) is 19.9 Å². The molecule has 0 amide bonds. The third kappa shape index (κ3) is 4.96. The minimum atomic E-state index is 0.448. The molecular formula is C27H34N6. The van der Waals surface area contributed by atoms with Crippen molar-refractivity contribution in [2.24, 2.45) is 5.92 Å². The molecule has 1 saturated heterocycles. The zero-order chi connectivity index (χ0) is 22.0. The first-order valence-corrected chi connectivity index (χ1v) is 12.8. The fraction of sp³-hybridized carbons (Fsp3) is 0.519. The van der Waals surface area contributed by atoms with E-state index in [-0.39, 0.29) is 0 Å². The van der Waals surface area contributed by atoms with Gasteiger partial charge in [0.15, 0.2) is 0 Å². The lowest BCUT2D eigenvalue weighted by atomic mass is 9.95. The van der Waals surface area contributed by atoms with Crippen LogP contribution in [-0.4, -0.2) is 51.6 Å². The molecule has 1 atom stereocenters. The number of aromatic nitrogens is 3. The number of likely N-dealkylation sites (tertiary alicyclic amines) is 1. The Labute approximate surface area is 196 Å². The summed E-state index contributed by atoms with van der Waals surface area (Å²) in [5.74, 6) is 2.87. The van der Waals surface area contributed by atoms with Crippen LogP contribution in [0.2, 0.25) is 0 Å². The van der Waals surface area contributed by atoms with Gasteiger partial charge >= 0.3 is 0 Å². The highest BCUT2D eigenvalue weighted by molar-refractivity contribution is 5.94. The summed E-state index contributed by atoms with van der Waals surface area (Å²) in [5.41, 5.74) is 2.07. The molecule has 3 aromatic heterocycles. The summed E-state index contributed by atoms with van der Waals surface area (Å²) in [4.78, 5) is 16.7. The third-order valence-corrected chi connectivity index (χ3v) is 7.47. The molecule has 0 bridgehead atoms. The number of hydrogen-bond donors (Lipinski definition) is 2. The Kier molecular flexibility index (Phi) is 5.85. The maximum absolute atomic E-state index is 5.11. The summed E-state index contributed by atoms with van der Waals surface area (Å²) < 4.78 is 0. The first-order chi connectivity index (χ1) is 16.3. The van der Waals surface area contributed by atoms with Crippen molar-refractivity contribution in [2.75, 3.05) is 30.3 Å². The van der Waals surface area contributed by atoms with Crippen molar-refractivity contribution >= 4 is 22.4 Å². The minimum Gasteiger partial charge on any atom is -0.367 e. The molecule has 2 N–H and O–H groups in total. The van der Waals surface area contributed by atoms with Crippen LogP contribution in [0.4, 0.5) is 11.6 Å². The molecule has 1 unspecified atom stereocenters. The number of fused-ring (bicyclic) bond motifs is 1. The van der Waals surface area contributed by atoms with E-state index in [2.05, 4.69) is 49.8 Å². The number of nitrogens with zero attached hydrogens (tertiary/aromatic N) is 4. The van der Waals surface area contributed by atoms with Crippen LogP contribution in [0.15, 0.2) is 42.9 Å². The van der Waals surface area contributed by atoms with Gasteiger partial charge in [0.05, 0.1) is 5.69 Å². The van der Waals surface area contributed by atoms with Gasteiger partial charge in [-0.3, -0.25) is 4.98 Å². The predicted molar refractivity (Wildman–Crippen MR) is 134 cm³/mol. The van der Waals surface area contributed by atoms with Gasteiger partial charge in [-0.1, -0.05) is 19.3 Å². The van der Waals surface area contributed by atoms with E-state index < -0.39 is 0 Å². The quantitative estimate of drug-likeness (QED) is 0.515. The molecule has 6 rings (SSSR count). The van der Waals surface area contributed by atoms with Crippen LogP contribution in [0.3, 0.4) is 0 Å². The maximum Gasteiger partial charge on any atom is 0.134 e. The molecule has 6 heteroatoms. The Hall–Kier alpha value is -2.73. The Morgan fingerprint density at radius 1 is 0.909 bits per heavy atom. The molecule has 1 aliphatic heterocycles. The molecule has 2 saturated carbocycles. The van der Waals surface area contributed by atoms with Crippen molar-refractivity contribution in [2.45, 2.75) is 63.5 Å². The Morgan fingerprint density at radius 2 is 1.82 bits per heavy atom. The van der Waals surface area contributed by atoms with Crippen LogP contribution in [0, 0.1) is 5.92 Å². The van der Waals surface area contributed by atoms with E-state index in [4.69, 9.17) is 4.98 Å². The van der Waals surface area contributed by atoms with Crippen molar-refractivity contribution in [1.29, 1.82) is 0 Å². The predicted octanol–water partition coefficient (Wildman–Crippen LogP) is 5.33. The Morgan fingerprint density at radius 3 is 2.70 bits per heavy atom. The summed E-state index contributed by atoms with van der Waals surface area (Å²) in [6.45, 7) is 3.57. The number of hydrogen-bond acceptors (Lipinski definition) is 6. The summed E-state index contributed by atoms with van der Waals surface area (Å²) in [6, 6.07) is 9.43. The molecule has 4 heterocycles. The van der Waals surface area contributed by atoms with Crippen molar-refractivity contribution < 1.29 is 0 Å². The van der Waals surface area contributed by atoms with E-state index in [1.807, 2.05) is 18.6 Å². The van der Waals surface area contributed by atoms with Crippen LogP contribution in [-0.2, 0) is 0 Å². The van der Waals surface area contributed by atoms with E-state index in [0.29, 0.717) is 12.1 Å². The first kappa shape index (κ1) is 20.8. The highest BCUT2D eigenvalue weighted by atomic mass is 15.2. The molecule has 3 fully saturated rings. The van der Waals surface area contributed by atoms with Gasteiger partial charge in [0.25, 0.3) is 0 Å². The van der Waals surface area contributed by atoms with Gasteiger partial charge in [0.1, 0.15) is 11.6 Å². The number of nitrogens with one attached hydrogen (secondary N) is 2. The van der Waals surface area contributed by atoms with Gasteiger partial charge in [-0.25, -0.2) is 9.97 Å². The largest absolute Gasteiger partial charge is 0.367 e. The Balaban J connectivity index is 1.25. The number of pyridine rings is 3. The van der Waals surface area contributed by atoms with E-state index in [1.54, 1.807) is 0 Å². The van der Waals surface area contributed by atoms with E-state index in [1.165, 1.54) is 64.5 Å². The lowest BCUT2D eigenvalue weighted by Gasteiger charge is -2.23. The number of anilines is 2. The first-order valence-electron chi connectivity index (χ1n) is 12.8. The molecule has 6 nitrogen and oxygen atoms in total. The monoisotopic (exact) mass is 442 g/mol. The molecular weight excluding hydrogens is 408 g/mol. The summed E-state index contributed by atoms with van der Waals surface area (Å²) in [6.07, 6.45) is 16.2. The molecule has 2 aliphatic carbocycles. The highest BCUT2D eigenvalue weighted by Crippen LogP contribution is 2.32. The van der Waals surface area contributed by atoms with Gasteiger partial charge in [-0.2, -0.15) is 0 Å². The van der Waals surface area contributed by atoms with Crippen molar-refractivity contribution in [3.05, 3.63) is 42.9 Å². The van der Waals surface area contributed by atoms with E-state index in [9.17, 15) is 0 Å². The van der Waals surface area contributed by atoms with Gasteiger partial charge < -0.3 is 15.5 Å². The van der Waals surface area contributed by atoms with E-state index >= 15 is 0 Å². The van der Waals surface area contributed by atoms with E-state index in [0.717, 1.165) is 46.1 Å². The minimum absolute atomic E-state index is 0.448. The molecule has 172 valence electrons. The molecule has 0 aromatic carbocycles. The molecule has 0 spiro atoms. The summed E-state index contributed by atoms with van der Waals surface area (Å²) in [5, 5.41) is 9.71.